The molecule has 0 bridgehead atoms. The molecule has 0 aromatic heterocycles. The maximum Gasteiger partial charge on any atom is 0.338 e. The molecule has 0 radical (unpaired) electrons. The highest BCUT2D eigenvalue weighted by molar-refractivity contribution is 5.88. The number of carbonyl (C=O) groups is 1. The quantitative estimate of drug-likeness (QED) is 0.859. The zero-order chi connectivity index (χ0) is 14.6. The molecule has 1 aromatic rings. The number of hydrogen-bond acceptors (Lipinski definition) is 2. The monoisotopic (exact) mass is 267 g/mol. The second-order valence-electron chi connectivity index (χ2n) is 5.51. The summed E-state index contributed by atoms with van der Waals surface area (Å²) in [6, 6.07) is 4.68. The SMILES string of the molecule is CC(C)CC(C)N(C)Cc1ccc(F)c(C(=O)O)c1. The van der Waals surface area contributed by atoms with Crippen LogP contribution in [0.5, 0.6) is 0 Å². The molecule has 0 aliphatic carbocycles. The number of halogens is 1. The summed E-state index contributed by atoms with van der Waals surface area (Å²) < 4.78 is 13.3. The second kappa shape index (κ2) is 6.66. The lowest BCUT2D eigenvalue weighted by Gasteiger charge is -2.26. The van der Waals surface area contributed by atoms with E-state index in [9.17, 15) is 9.18 Å². The van der Waals surface area contributed by atoms with Crippen molar-refractivity contribution in [2.24, 2.45) is 5.92 Å². The van der Waals surface area contributed by atoms with Gasteiger partial charge in [0.15, 0.2) is 0 Å². The van der Waals surface area contributed by atoms with Crippen LogP contribution in [0.25, 0.3) is 0 Å². The van der Waals surface area contributed by atoms with Crippen molar-refractivity contribution in [1.82, 2.24) is 4.90 Å². The molecule has 0 aliphatic heterocycles. The van der Waals surface area contributed by atoms with Gasteiger partial charge in [0.1, 0.15) is 5.82 Å². The summed E-state index contributed by atoms with van der Waals surface area (Å²) in [5.41, 5.74) is 0.555. The van der Waals surface area contributed by atoms with E-state index >= 15 is 0 Å². The van der Waals surface area contributed by atoms with Crippen molar-refractivity contribution in [2.45, 2.75) is 39.8 Å². The number of carboxylic acids is 1. The van der Waals surface area contributed by atoms with E-state index in [-0.39, 0.29) is 5.56 Å². The summed E-state index contributed by atoms with van der Waals surface area (Å²) in [4.78, 5) is 13.0. The van der Waals surface area contributed by atoms with Gasteiger partial charge in [-0.05, 0) is 44.0 Å². The van der Waals surface area contributed by atoms with Crippen molar-refractivity contribution in [2.75, 3.05) is 7.05 Å². The minimum atomic E-state index is -1.22. The average Bonchev–Trinajstić information content (AvgIpc) is 2.30. The summed E-state index contributed by atoms with van der Waals surface area (Å²) >= 11 is 0. The van der Waals surface area contributed by atoms with Crippen molar-refractivity contribution < 1.29 is 14.3 Å². The van der Waals surface area contributed by atoms with Gasteiger partial charge in [-0.1, -0.05) is 19.9 Å². The van der Waals surface area contributed by atoms with Crippen molar-refractivity contribution in [3.8, 4) is 0 Å². The summed E-state index contributed by atoms with van der Waals surface area (Å²) in [6.07, 6.45) is 1.07. The van der Waals surface area contributed by atoms with Crippen LogP contribution in [-0.2, 0) is 6.54 Å². The van der Waals surface area contributed by atoms with Crippen LogP contribution in [0.2, 0.25) is 0 Å². The molecule has 19 heavy (non-hydrogen) atoms. The molecule has 0 saturated carbocycles. The molecule has 0 heterocycles. The van der Waals surface area contributed by atoms with Gasteiger partial charge in [0.25, 0.3) is 0 Å². The number of nitrogens with zero attached hydrogens (tertiary/aromatic N) is 1. The van der Waals surface area contributed by atoms with Crippen LogP contribution >= 0.6 is 0 Å². The van der Waals surface area contributed by atoms with E-state index in [0.29, 0.717) is 18.5 Å². The molecule has 1 atom stereocenters. The van der Waals surface area contributed by atoms with Crippen LogP contribution in [-0.4, -0.2) is 29.1 Å². The Kier molecular flexibility index (Phi) is 5.48. The van der Waals surface area contributed by atoms with Gasteiger partial charge in [-0.3, -0.25) is 4.90 Å². The highest BCUT2D eigenvalue weighted by Crippen LogP contribution is 2.15. The Morgan fingerprint density at radius 1 is 1.37 bits per heavy atom. The first-order valence-electron chi connectivity index (χ1n) is 6.53. The number of benzene rings is 1. The highest BCUT2D eigenvalue weighted by Gasteiger charge is 2.14. The Morgan fingerprint density at radius 3 is 2.53 bits per heavy atom. The van der Waals surface area contributed by atoms with Crippen molar-refractivity contribution in [1.29, 1.82) is 0 Å². The van der Waals surface area contributed by atoms with Crippen LogP contribution in [0.15, 0.2) is 18.2 Å². The lowest BCUT2D eigenvalue weighted by atomic mass is 10.0. The zero-order valence-electron chi connectivity index (χ0n) is 12.0. The number of carboxylic acid groups (broad SMARTS) is 1. The van der Waals surface area contributed by atoms with E-state index in [0.717, 1.165) is 12.0 Å². The van der Waals surface area contributed by atoms with Crippen molar-refractivity contribution in [3.05, 3.63) is 35.1 Å². The fourth-order valence-electron chi connectivity index (χ4n) is 2.14. The summed E-state index contributed by atoms with van der Waals surface area (Å²) in [5, 5.41) is 8.90. The molecule has 106 valence electrons. The molecule has 1 unspecified atom stereocenters. The fraction of sp³-hybridized carbons (Fsp3) is 0.533. The third-order valence-corrected chi connectivity index (χ3v) is 3.26. The molecule has 1 aromatic carbocycles. The maximum absolute atomic E-state index is 13.3. The van der Waals surface area contributed by atoms with Gasteiger partial charge in [0.05, 0.1) is 5.56 Å². The van der Waals surface area contributed by atoms with E-state index in [1.807, 2.05) is 7.05 Å². The van der Waals surface area contributed by atoms with Crippen LogP contribution in [0.1, 0.15) is 43.1 Å². The molecule has 3 nitrogen and oxygen atoms in total. The average molecular weight is 267 g/mol. The summed E-state index contributed by atoms with van der Waals surface area (Å²) in [6.45, 7) is 7.10. The first kappa shape index (κ1) is 15.6. The van der Waals surface area contributed by atoms with E-state index < -0.39 is 11.8 Å². The zero-order valence-corrected chi connectivity index (χ0v) is 12.0. The minimum absolute atomic E-state index is 0.262. The topological polar surface area (TPSA) is 40.5 Å². The minimum Gasteiger partial charge on any atom is -0.478 e. The second-order valence-corrected chi connectivity index (χ2v) is 5.51. The molecular formula is C15H22FNO2. The smallest absolute Gasteiger partial charge is 0.338 e. The molecule has 0 saturated heterocycles. The highest BCUT2D eigenvalue weighted by atomic mass is 19.1. The van der Waals surface area contributed by atoms with Gasteiger partial charge >= 0.3 is 5.97 Å². The summed E-state index contributed by atoms with van der Waals surface area (Å²) in [5.74, 6) is -1.30. The summed E-state index contributed by atoms with van der Waals surface area (Å²) in [7, 11) is 2.00. The van der Waals surface area contributed by atoms with E-state index in [2.05, 4.69) is 25.7 Å². The van der Waals surface area contributed by atoms with Crippen LogP contribution in [0, 0.1) is 11.7 Å². The Balaban J connectivity index is 2.77. The van der Waals surface area contributed by atoms with Crippen LogP contribution in [0.4, 0.5) is 4.39 Å². The largest absolute Gasteiger partial charge is 0.478 e. The van der Waals surface area contributed by atoms with Gasteiger partial charge in [0.2, 0.25) is 0 Å². The Hall–Kier alpha value is -1.42. The van der Waals surface area contributed by atoms with Crippen molar-refractivity contribution >= 4 is 5.97 Å². The molecule has 0 fully saturated rings. The molecule has 4 heteroatoms. The van der Waals surface area contributed by atoms with Gasteiger partial charge < -0.3 is 5.11 Å². The predicted molar refractivity (Wildman–Crippen MR) is 73.7 cm³/mol. The Morgan fingerprint density at radius 2 is 2.00 bits per heavy atom. The lowest BCUT2D eigenvalue weighted by molar-refractivity contribution is 0.0691. The number of aromatic carboxylic acids is 1. The maximum atomic E-state index is 13.3. The van der Waals surface area contributed by atoms with Crippen LogP contribution < -0.4 is 0 Å². The van der Waals surface area contributed by atoms with E-state index in [1.54, 1.807) is 6.07 Å². The standard InChI is InChI=1S/C15H22FNO2/c1-10(2)7-11(3)17(4)9-12-5-6-14(16)13(8-12)15(18)19/h5-6,8,10-11H,7,9H2,1-4H3,(H,18,19). The first-order chi connectivity index (χ1) is 8.81. The predicted octanol–water partition coefficient (Wildman–Crippen LogP) is 3.39. The van der Waals surface area contributed by atoms with Crippen LogP contribution in [0.3, 0.4) is 0 Å². The lowest BCUT2D eigenvalue weighted by Crippen LogP contribution is -2.29. The third kappa shape index (κ3) is 4.63. The van der Waals surface area contributed by atoms with Gasteiger partial charge in [-0.2, -0.15) is 0 Å². The first-order valence-corrected chi connectivity index (χ1v) is 6.53. The molecule has 0 amide bonds. The van der Waals surface area contributed by atoms with E-state index in [1.165, 1.54) is 12.1 Å². The van der Waals surface area contributed by atoms with E-state index in [4.69, 9.17) is 5.11 Å². The normalized spacial score (nSPS) is 13.0. The number of hydrogen-bond donors (Lipinski definition) is 1. The third-order valence-electron chi connectivity index (χ3n) is 3.26. The van der Waals surface area contributed by atoms with Gasteiger partial charge in [-0.25, -0.2) is 9.18 Å². The molecule has 1 N–H and O–H groups in total. The van der Waals surface area contributed by atoms with Gasteiger partial charge in [0, 0.05) is 12.6 Å². The molecular weight excluding hydrogens is 245 g/mol. The van der Waals surface area contributed by atoms with Crippen molar-refractivity contribution in [3.63, 3.8) is 0 Å². The number of rotatable bonds is 6. The molecule has 0 spiro atoms. The molecule has 1 rings (SSSR count). The fourth-order valence-corrected chi connectivity index (χ4v) is 2.14. The Labute approximate surface area is 114 Å². The van der Waals surface area contributed by atoms with Gasteiger partial charge in [-0.15, -0.1) is 0 Å². The Bertz CT molecular complexity index is 446. The molecule has 0 aliphatic rings.